The molecule has 90 valence electrons. The number of ether oxygens (including phenoxy) is 1. The summed E-state index contributed by atoms with van der Waals surface area (Å²) in [5.74, 6) is -0.302. The molecule has 0 aliphatic heterocycles. The van der Waals surface area contributed by atoms with Gasteiger partial charge in [0.15, 0.2) is 4.67 Å². The smallest absolute Gasteiger partial charge is 0.373 e. The number of furan rings is 2. The molecule has 0 radical (unpaired) electrons. The van der Waals surface area contributed by atoms with Crippen LogP contribution in [0.2, 0.25) is 0 Å². The second-order valence-electron chi connectivity index (χ2n) is 3.25. The zero-order valence-corrected chi connectivity index (χ0v) is 10.4. The van der Waals surface area contributed by atoms with Crippen LogP contribution in [0, 0.1) is 0 Å². The molecule has 1 atom stereocenters. The first-order chi connectivity index (χ1) is 8.13. The molecule has 2 aromatic rings. The Kier molecular flexibility index (Phi) is 3.35. The van der Waals surface area contributed by atoms with E-state index >= 15 is 0 Å². The molecule has 0 spiro atoms. The Labute approximate surface area is 105 Å². The zero-order chi connectivity index (χ0) is 12.4. The van der Waals surface area contributed by atoms with E-state index in [-0.39, 0.29) is 11.5 Å². The van der Waals surface area contributed by atoms with E-state index in [4.69, 9.17) is 8.83 Å². The Balaban J connectivity index is 2.26. The normalized spacial score (nSPS) is 12.4. The molecule has 0 bridgehead atoms. The molecular weight excluding hydrogens is 292 g/mol. The SMILES string of the molecule is COC(=O)c1ccc(C(O)c2ccoc2Br)o1. The van der Waals surface area contributed by atoms with E-state index in [9.17, 15) is 9.90 Å². The third-order valence-corrected chi connectivity index (χ3v) is 2.87. The molecule has 17 heavy (non-hydrogen) atoms. The molecule has 2 aromatic heterocycles. The van der Waals surface area contributed by atoms with Gasteiger partial charge in [-0.3, -0.25) is 0 Å². The van der Waals surface area contributed by atoms with Crippen LogP contribution in [-0.2, 0) is 4.74 Å². The number of methoxy groups -OCH3 is 1. The first-order valence-electron chi connectivity index (χ1n) is 4.72. The van der Waals surface area contributed by atoms with E-state index in [0.717, 1.165) is 0 Å². The molecule has 2 rings (SSSR count). The largest absolute Gasteiger partial charge is 0.463 e. The number of aliphatic hydroxyl groups is 1. The minimum absolute atomic E-state index is 0.0427. The van der Waals surface area contributed by atoms with Crippen molar-refractivity contribution in [1.29, 1.82) is 0 Å². The van der Waals surface area contributed by atoms with Gasteiger partial charge in [0.25, 0.3) is 0 Å². The molecule has 0 saturated carbocycles. The van der Waals surface area contributed by atoms with Crippen LogP contribution in [0.1, 0.15) is 28.0 Å². The maximum Gasteiger partial charge on any atom is 0.373 e. The Hall–Kier alpha value is -1.53. The van der Waals surface area contributed by atoms with Crippen molar-refractivity contribution in [2.45, 2.75) is 6.10 Å². The summed E-state index contributed by atoms with van der Waals surface area (Å²) in [6.07, 6.45) is 0.439. The number of hydrogen-bond donors (Lipinski definition) is 1. The van der Waals surface area contributed by atoms with Gasteiger partial charge in [-0.25, -0.2) is 4.79 Å². The van der Waals surface area contributed by atoms with Crippen LogP contribution in [0.5, 0.6) is 0 Å². The highest BCUT2D eigenvalue weighted by Crippen LogP contribution is 2.30. The van der Waals surface area contributed by atoms with E-state index < -0.39 is 12.1 Å². The Morgan fingerprint density at radius 2 is 2.24 bits per heavy atom. The number of carbonyl (C=O) groups is 1. The Morgan fingerprint density at radius 1 is 1.47 bits per heavy atom. The van der Waals surface area contributed by atoms with Crippen LogP contribution < -0.4 is 0 Å². The molecule has 0 aromatic carbocycles. The summed E-state index contributed by atoms with van der Waals surface area (Å²) in [5.41, 5.74) is 0.524. The van der Waals surface area contributed by atoms with Crippen molar-refractivity contribution in [2.24, 2.45) is 0 Å². The van der Waals surface area contributed by atoms with Gasteiger partial charge < -0.3 is 18.7 Å². The predicted octanol–water partition coefficient (Wildman–Crippen LogP) is 2.50. The van der Waals surface area contributed by atoms with Gasteiger partial charge in [-0.05, 0) is 34.1 Å². The van der Waals surface area contributed by atoms with E-state index in [0.29, 0.717) is 10.2 Å². The second-order valence-corrected chi connectivity index (χ2v) is 3.97. The molecule has 0 saturated heterocycles. The van der Waals surface area contributed by atoms with E-state index in [1.807, 2.05) is 0 Å². The number of esters is 1. The van der Waals surface area contributed by atoms with Gasteiger partial charge in [0, 0.05) is 5.56 Å². The molecule has 1 unspecified atom stereocenters. The highest BCUT2D eigenvalue weighted by Gasteiger charge is 2.21. The average Bonchev–Trinajstić information content (AvgIpc) is 2.95. The maximum absolute atomic E-state index is 11.2. The van der Waals surface area contributed by atoms with E-state index in [2.05, 4.69) is 20.7 Å². The molecule has 6 heteroatoms. The number of aliphatic hydroxyl groups excluding tert-OH is 1. The molecule has 0 aliphatic carbocycles. The van der Waals surface area contributed by atoms with Gasteiger partial charge in [0.05, 0.1) is 13.4 Å². The molecule has 0 aliphatic rings. The lowest BCUT2D eigenvalue weighted by Crippen LogP contribution is -2.00. The minimum atomic E-state index is -0.999. The van der Waals surface area contributed by atoms with Crippen LogP contribution in [-0.4, -0.2) is 18.2 Å². The highest BCUT2D eigenvalue weighted by atomic mass is 79.9. The van der Waals surface area contributed by atoms with Crippen molar-refractivity contribution in [3.63, 3.8) is 0 Å². The third kappa shape index (κ3) is 2.27. The van der Waals surface area contributed by atoms with Gasteiger partial charge in [-0.15, -0.1) is 0 Å². The van der Waals surface area contributed by atoms with E-state index in [1.165, 1.54) is 25.5 Å². The van der Waals surface area contributed by atoms with Gasteiger partial charge in [0.2, 0.25) is 5.76 Å². The van der Waals surface area contributed by atoms with Crippen molar-refractivity contribution in [1.82, 2.24) is 0 Å². The van der Waals surface area contributed by atoms with Gasteiger partial charge in [-0.2, -0.15) is 0 Å². The summed E-state index contributed by atoms with van der Waals surface area (Å²) in [6.45, 7) is 0. The van der Waals surface area contributed by atoms with Crippen LogP contribution in [0.25, 0.3) is 0 Å². The molecule has 0 fully saturated rings. The monoisotopic (exact) mass is 300 g/mol. The predicted molar refractivity (Wildman–Crippen MR) is 60.5 cm³/mol. The summed E-state index contributed by atoms with van der Waals surface area (Å²) < 4.78 is 15.1. The Morgan fingerprint density at radius 3 is 2.82 bits per heavy atom. The quantitative estimate of drug-likeness (QED) is 0.882. The highest BCUT2D eigenvalue weighted by molar-refractivity contribution is 9.10. The fourth-order valence-corrected chi connectivity index (χ4v) is 1.82. The van der Waals surface area contributed by atoms with Crippen molar-refractivity contribution in [3.05, 3.63) is 46.2 Å². The average molecular weight is 301 g/mol. The molecule has 1 N–H and O–H groups in total. The number of hydrogen-bond acceptors (Lipinski definition) is 5. The van der Waals surface area contributed by atoms with Crippen LogP contribution in [0.4, 0.5) is 0 Å². The summed E-state index contributed by atoms with van der Waals surface area (Å²) in [7, 11) is 1.26. The van der Waals surface area contributed by atoms with E-state index in [1.54, 1.807) is 6.07 Å². The lowest BCUT2D eigenvalue weighted by atomic mass is 10.1. The van der Waals surface area contributed by atoms with Crippen LogP contribution in [0.15, 0.2) is 38.0 Å². The van der Waals surface area contributed by atoms with Crippen molar-refractivity contribution in [3.8, 4) is 0 Å². The summed E-state index contributed by atoms with van der Waals surface area (Å²) in [5, 5.41) is 9.99. The maximum atomic E-state index is 11.2. The molecular formula is C11H9BrO5. The fraction of sp³-hybridized carbons (Fsp3) is 0.182. The number of halogens is 1. The number of rotatable bonds is 3. The van der Waals surface area contributed by atoms with Gasteiger partial charge >= 0.3 is 5.97 Å². The van der Waals surface area contributed by atoms with Crippen LogP contribution in [0.3, 0.4) is 0 Å². The van der Waals surface area contributed by atoms with Crippen molar-refractivity contribution in [2.75, 3.05) is 7.11 Å². The topological polar surface area (TPSA) is 72.8 Å². The molecule has 2 heterocycles. The first kappa shape index (κ1) is 11.9. The summed E-state index contributed by atoms with van der Waals surface area (Å²) in [6, 6.07) is 4.56. The van der Waals surface area contributed by atoms with Gasteiger partial charge in [-0.1, -0.05) is 0 Å². The van der Waals surface area contributed by atoms with Gasteiger partial charge in [0.1, 0.15) is 11.9 Å². The first-order valence-corrected chi connectivity index (χ1v) is 5.51. The molecule has 0 amide bonds. The third-order valence-electron chi connectivity index (χ3n) is 2.22. The lowest BCUT2D eigenvalue weighted by Gasteiger charge is -2.05. The summed E-state index contributed by atoms with van der Waals surface area (Å²) in [4.78, 5) is 11.2. The van der Waals surface area contributed by atoms with Crippen molar-refractivity contribution < 1.29 is 23.5 Å². The van der Waals surface area contributed by atoms with Crippen LogP contribution >= 0.6 is 15.9 Å². The summed E-state index contributed by atoms with van der Waals surface area (Å²) >= 11 is 3.15. The standard InChI is InChI=1S/C11H9BrO5/c1-15-11(14)8-3-2-7(17-8)9(13)6-4-5-16-10(6)12/h2-5,9,13H,1H3. The number of carbonyl (C=O) groups excluding carboxylic acids is 1. The lowest BCUT2D eigenvalue weighted by molar-refractivity contribution is 0.0558. The molecule has 5 nitrogen and oxygen atoms in total. The Bertz CT molecular complexity index is 527. The second kappa shape index (κ2) is 4.77. The zero-order valence-electron chi connectivity index (χ0n) is 8.84. The fourth-order valence-electron chi connectivity index (χ4n) is 1.36. The minimum Gasteiger partial charge on any atom is -0.463 e. The van der Waals surface area contributed by atoms with Crippen molar-refractivity contribution >= 4 is 21.9 Å².